The van der Waals surface area contributed by atoms with Gasteiger partial charge in [0.2, 0.25) is 0 Å². The van der Waals surface area contributed by atoms with Gasteiger partial charge in [-0.3, -0.25) is 0 Å². The van der Waals surface area contributed by atoms with Crippen molar-refractivity contribution in [1.82, 2.24) is 4.98 Å². The van der Waals surface area contributed by atoms with Crippen molar-refractivity contribution in [2.45, 2.75) is 33.1 Å². The van der Waals surface area contributed by atoms with Gasteiger partial charge in [-0.05, 0) is 73.9 Å². The van der Waals surface area contributed by atoms with Gasteiger partial charge in [0.1, 0.15) is 0 Å². The van der Waals surface area contributed by atoms with Crippen LogP contribution in [-0.2, 0) is 6.42 Å². The van der Waals surface area contributed by atoms with E-state index < -0.39 is 0 Å². The van der Waals surface area contributed by atoms with Crippen LogP contribution in [0.4, 0.5) is 0 Å². The predicted molar refractivity (Wildman–Crippen MR) is 111 cm³/mol. The maximum atomic E-state index is 5.72. The minimum absolute atomic E-state index is 0.763. The first kappa shape index (κ1) is 16.4. The molecule has 0 aliphatic heterocycles. The molecule has 2 aromatic heterocycles. The molecule has 0 bridgehead atoms. The first-order valence-corrected chi connectivity index (χ1v) is 9.80. The summed E-state index contributed by atoms with van der Waals surface area (Å²) in [6, 6.07) is 15.5. The molecular formula is C22H24N2S. The lowest BCUT2D eigenvalue weighted by Gasteiger charge is -2.04. The highest BCUT2D eigenvalue weighted by Crippen LogP contribution is 2.39. The molecule has 128 valence electrons. The lowest BCUT2D eigenvalue weighted by Crippen LogP contribution is -1.99. The fourth-order valence-electron chi connectivity index (χ4n) is 3.58. The first-order valence-electron chi connectivity index (χ1n) is 8.99. The van der Waals surface area contributed by atoms with Gasteiger partial charge in [0.15, 0.2) is 0 Å². The Morgan fingerprint density at radius 2 is 1.88 bits per heavy atom. The van der Waals surface area contributed by atoms with Crippen LogP contribution >= 0.6 is 11.3 Å². The van der Waals surface area contributed by atoms with Crippen molar-refractivity contribution in [3.63, 3.8) is 0 Å². The highest BCUT2D eigenvalue weighted by molar-refractivity contribution is 7.22. The van der Waals surface area contributed by atoms with Crippen LogP contribution < -0.4 is 5.73 Å². The van der Waals surface area contributed by atoms with Crippen molar-refractivity contribution in [1.29, 1.82) is 0 Å². The van der Waals surface area contributed by atoms with E-state index in [1.165, 1.54) is 48.3 Å². The third kappa shape index (κ3) is 2.88. The van der Waals surface area contributed by atoms with Gasteiger partial charge in [0.05, 0.1) is 10.6 Å². The number of benzene rings is 2. The van der Waals surface area contributed by atoms with Crippen LogP contribution in [0, 0.1) is 13.8 Å². The molecule has 0 fully saturated rings. The standard InChI is InChI=1S/C22H24N2S/c1-14-10-11-18-17(8-5-6-12-23)22(24-21(18)15(14)2)20-13-16-7-3-4-9-19(16)25-20/h3-4,7,9-11,13,24H,5-6,8,12,23H2,1-2H3. The van der Waals surface area contributed by atoms with E-state index in [1.54, 1.807) is 0 Å². The van der Waals surface area contributed by atoms with E-state index in [2.05, 4.69) is 61.3 Å². The van der Waals surface area contributed by atoms with Gasteiger partial charge in [-0.25, -0.2) is 0 Å². The van der Waals surface area contributed by atoms with E-state index in [1.807, 2.05) is 11.3 Å². The average molecular weight is 349 g/mol. The molecule has 0 spiro atoms. The molecule has 2 aromatic carbocycles. The summed E-state index contributed by atoms with van der Waals surface area (Å²) in [5.41, 5.74) is 12.4. The molecule has 0 saturated carbocycles. The fraction of sp³-hybridized carbons (Fsp3) is 0.273. The number of fused-ring (bicyclic) bond motifs is 2. The van der Waals surface area contributed by atoms with E-state index in [9.17, 15) is 0 Å². The van der Waals surface area contributed by atoms with Crippen LogP contribution in [0.2, 0.25) is 0 Å². The summed E-state index contributed by atoms with van der Waals surface area (Å²) in [5, 5.41) is 2.69. The fourth-order valence-corrected chi connectivity index (χ4v) is 4.68. The number of thiophene rings is 1. The largest absolute Gasteiger partial charge is 0.353 e. The van der Waals surface area contributed by atoms with Crippen molar-refractivity contribution in [2.24, 2.45) is 5.73 Å². The third-order valence-corrected chi connectivity index (χ3v) is 6.30. The molecule has 0 aliphatic carbocycles. The maximum absolute atomic E-state index is 5.72. The Bertz CT molecular complexity index is 1010. The van der Waals surface area contributed by atoms with Crippen LogP contribution in [0.25, 0.3) is 31.6 Å². The number of unbranched alkanes of at least 4 members (excludes halogenated alkanes) is 1. The predicted octanol–water partition coefficient (Wildman–Crippen LogP) is 5.95. The molecule has 4 rings (SSSR count). The number of aryl methyl sites for hydroxylation is 3. The molecule has 2 heterocycles. The molecule has 2 nitrogen and oxygen atoms in total. The molecular weight excluding hydrogens is 324 g/mol. The molecule has 3 heteroatoms. The normalized spacial score (nSPS) is 11.6. The number of H-pyrrole nitrogens is 1. The van der Waals surface area contributed by atoms with Gasteiger partial charge in [0.25, 0.3) is 0 Å². The lowest BCUT2D eigenvalue weighted by atomic mass is 10.00. The van der Waals surface area contributed by atoms with Gasteiger partial charge in [0, 0.05) is 15.6 Å². The summed E-state index contributed by atoms with van der Waals surface area (Å²) in [5.74, 6) is 0. The molecule has 25 heavy (non-hydrogen) atoms. The molecule has 3 N–H and O–H groups in total. The van der Waals surface area contributed by atoms with Crippen LogP contribution in [0.15, 0.2) is 42.5 Å². The van der Waals surface area contributed by atoms with Crippen LogP contribution in [0.5, 0.6) is 0 Å². The van der Waals surface area contributed by atoms with Gasteiger partial charge >= 0.3 is 0 Å². The third-order valence-electron chi connectivity index (χ3n) is 5.17. The van der Waals surface area contributed by atoms with Crippen LogP contribution in [-0.4, -0.2) is 11.5 Å². The Balaban J connectivity index is 1.91. The summed E-state index contributed by atoms with van der Waals surface area (Å²) in [6.07, 6.45) is 3.28. The molecule has 0 atom stereocenters. The number of hydrogen-bond donors (Lipinski definition) is 2. The summed E-state index contributed by atoms with van der Waals surface area (Å²) >= 11 is 1.87. The molecule has 4 aromatic rings. The van der Waals surface area contributed by atoms with E-state index in [-0.39, 0.29) is 0 Å². The molecule has 0 radical (unpaired) electrons. The SMILES string of the molecule is Cc1ccc2c(CCCCN)c(-c3cc4ccccc4s3)[nH]c2c1C. The summed E-state index contributed by atoms with van der Waals surface area (Å²) in [6.45, 7) is 5.16. The number of aromatic nitrogens is 1. The average Bonchev–Trinajstić information content (AvgIpc) is 3.20. The smallest absolute Gasteiger partial charge is 0.0599 e. The quantitative estimate of drug-likeness (QED) is 0.430. The number of hydrogen-bond acceptors (Lipinski definition) is 2. The Morgan fingerprint density at radius 1 is 1.04 bits per heavy atom. The molecule has 0 unspecified atom stereocenters. The minimum atomic E-state index is 0.763. The molecule has 0 saturated heterocycles. The van der Waals surface area contributed by atoms with E-state index in [4.69, 9.17) is 5.73 Å². The lowest BCUT2D eigenvalue weighted by molar-refractivity contribution is 0.748. The van der Waals surface area contributed by atoms with Crippen LogP contribution in [0.1, 0.15) is 29.5 Å². The van der Waals surface area contributed by atoms with Gasteiger partial charge < -0.3 is 10.7 Å². The second-order valence-corrected chi connectivity index (χ2v) is 7.89. The molecule has 0 amide bonds. The number of aromatic amines is 1. The minimum Gasteiger partial charge on any atom is -0.353 e. The maximum Gasteiger partial charge on any atom is 0.0599 e. The highest BCUT2D eigenvalue weighted by Gasteiger charge is 2.16. The van der Waals surface area contributed by atoms with Crippen molar-refractivity contribution >= 4 is 32.3 Å². The highest BCUT2D eigenvalue weighted by atomic mass is 32.1. The Kier molecular flexibility index (Phi) is 4.36. The van der Waals surface area contributed by atoms with Gasteiger partial charge in [-0.15, -0.1) is 11.3 Å². The second kappa shape index (κ2) is 6.66. The van der Waals surface area contributed by atoms with E-state index >= 15 is 0 Å². The Labute approximate surface area is 152 Å². The number of nitrogens with one attached hydrogen (secondary N) is 1. The van der Waals surface area contributed by atoms with Crippen molar-refractivity contribution in [3.8, 4) is 10.6 Å². The zero-order valence-electron chi connectivity index (χ0n) is 14.9. The topological polar surface area (TPSA) is 41.8 Å². The summed E-state index contributed by atoms with van der Waals surface area (Å²) in [4.78, 5) is 5.09. The van der Waals surface area contributed by atoms with Gasteiger partial charge in [-0.1, -0.05) is 30.3 Å². The van der Waals surface area contributed by atoms with Crippen molar-refractivity contribution in [3.05, 3.63) is 59.2 Å². The van der Waals surface area contributed by atoms with Crippen molar-refractivity contribution < 1.29 is 0 Å². The van der Waals surface area contributed by atoms with Crippen LogP contribution in [0.3, 0.4) is 0 Å². The van der Waals surface area contributed by atoms with Gasteiger partial charge in [-0.2, -0.15) is 0 Å². The number of rotatable bonds is 5. The zero-order chi connectivity index (χ0) is 17.4. The zero-order valence-corrected chi connectivity index (χ0v) is 15.7. The number of nitrogens with two attached hydrogens (primary N) is 1. The summed E-state index contributed by atoms with van der Waals surface area (Å²) in [7, 11) is 0. The monoisotopic (exact) mass is 348 g/mol. The Morgan fingerprint density at radius 3 is 2.68 bits per heavy atom. The first-order chi connectivity index (χ1) is 12.2. The molecule has 0 aliphatic rings. The van der Waals surface area contributed by atoms with E-state index in [0.29, 0.717) is 0 Å². The Hall–Kier alpha value is -2.10. The summed E-state index contributed by atoms with van der Waals surface area (Å²) < 4.78 is 1.34. The van der Waals surface area contributed by atoms with E-state index in [0.717, 1.165) is 25.8 Å². The van der Waals surface area contributed by atoms with Crippen molar-refractivity contribution in [2.75, 3.05) is 6.54 Å². The second-order valence-electron chi connectivity index (χ2n) is 6.80.